The zero-order valence-corrected chi connectivity index (χ0v) is 12.2. The van der Waals surface area contributed by atoms with Crippen LogP contribution >= 0.6 is 39.1 Å². The molecule has 0 amide bonds. The molecule has 0 bridgehead atoms. The molecule has 0 spiro atoms. The van der Waals surface area contributed by atoms with Crippen LogP contribution in [0, 0.1) is 0 Å². The van der Waals surface area contributed by atoms with Crippen molar-refractivity contribution >= 4 is 44.9 Å². The lowest BCUT2D eigenvalue weighted by molar-refractivity contribution is 0.0991. The number of hydrogen-bond acceptors (Lipinski definition) is 2. The predicted octanol–water partition coefficient (Wildman–Crippen LogP) is 4.71. The van der Waals surface area contributed by atoms with E-state index in [0.717, 1.165) is 5.56 Å². The SMILES string of the molecule is O=C(c1cc(Cl)cc(Cl)c1)[C@H](Br)c1ccncc1. The number of halogens is 3. The number of pyridine rings is 1. The lowest BCUT2D eigenvalue weighted by atomic mass is 10.0. The second-order valence-electron chi connectivity index (χ2n) is 3.67. The van der Waals surface area contributed by atoms with Gasteiger partial charge in [-0.05, 0) is 35.9 Å². The highest BCUT2D eigenvalue weighted by molar-refractivity contribution is 9.09. The zero-order valence-electron chi connectivity index (χ0n) is 9.11. The van der Waals surface area contributed by atoms with E-state index in [0.29, 0.717) is 15.6 Å². The molecule has 0 aliphatic carbocycles. The average Bonchev–Trinajstić information content (AvgIpc) is 2.37. The van der Waals surface area contributed by atoms with Crippen LogP contribution in [-0.2, 0) is 0 Å². The molecule has 1 heterocycles. The fourth-order valence-corrected chi connectivity index (χ4v) is 2.62. The van der Waals surface area contributed by atoms with Crippen molar-refractivity contribution in [1.82, 2.24) is 4.98 Å². The summed E-state index contributed by atoms with van der Waals surface area (Å²) in [6.07, 6.45) is 3.28. The van der Waals surface area contributed by atoms with E-state index < -0.39 is 4.83 Å². The largest absolute Gasteiger partial charge is 0.293 e. The van der Waals surface area contributed by atoms with Gasteiger partial charge in [0.15, 0.2) is 5.78 Å². The Labute approximate surface area is 123 Å². The van der Waals surface area contributed by atoms with Gasteiger partial charge in [0, 0.05) is 28.0 Å². The number of nitrogens with zero attached hydrogens (tertiary/aromatic N) is 1. The second-order valence-corrected chi connectivity index (χ2v) is 5.45. The van der Waals surface area contributed by atoms with Crippen LogP contribution in [0.25, 0.3) is 0 Å². The molecule has 0 N–H and O–H groups in total. The first-order chi connectivity index (χ1) is 8.58. The van der Waals surface area contributed by atoms with Crippen LogP contribution in [0.1, 0.15) is 20.7 Å². The number of hydrogen-bond donors (Lipinski definition) is 0. The van der Waals surface area contributed by atoms with Gasteiger partial charge in [-0.3, -0.25) is 9.78 Å². The molecule has 2 aromatic rings. The lowest BCUT2D eigenvalue weighted by Crippen LogP contribution is -2.07. The minimum atomic E-state index is -0.435. The average molecular weight is 345 g/mol. The standard InChI is InChI=1S/C13H8BrCl2NO/c14-12(8-1-3-17-4-2-8)13(18)9-5-10(15)7-11(16)6-9/h1-7,12H/t12-/m1/s1. The number of rotatable bonds is 3. The van der Waals surface area contributed by atoms with Crippen LogP contribution < -0.4 is 0 Å². The van der Waals surface area contributed by atoms with Crippen LogP contribution in [0.15, 0.2) is 42.7 Å². The molecule has 0 aliphatic heterocycles. The van der Waals surface area contributed by atoms with Crippen LogP contribution in [0.3, 0.4) is 0 Å². The van der Waals surface area contributed by atoms with Gasteiger partial charge in [0.05, 0.1) is 0 Å². The van der Waals surface area contributed by atoms with Crippen molar-refractivity contribution in [3.8, 4) is 0 Å². The third kappa shape index (κ3) is 3.10. The van der Waals surface area contributed by atoms with Crippen LogP contribution in [0.4, 0.5) is 0 Å². The van der Waals surface area contributed by atoms with E-state index in [1.807, 2.05) is 0 Å². The number of aromatic nitrogens is 1. The number of Topliss-reactive ketones (excluding diaryl/α,β-unsaturated/α-hetero) is 1. The number of carbonyl (C=O) groups excluding carboxylic acids is 1. The van der Waals surface area contributed by atoms with Crippen LogP contribution in [0.5, 0.6) is 0 Å². The van der Waals surface area contributed by atoms with Crippen molar-refractivity contribution in [3.05, 3.63) is 63.9 Å². The minimum Gasteiger partial charge on any atom is -0.293 e. The van der Waals surface area contributed by atoms with Gasteiger partial charge in [0.1, 0.15) is 4.83 Å². The maximum absolute atomic E-state index is 12.3. The Kier molecular flexibility index (Phi) is 4.38. The molecular weight excluding hydrogens is 337 g/mol. The number of ketones is 1. The Balaban J connectivity index is 2.31. The zero-order chi connectivity index (χ0) is 13.1. The Bertz CT molecular complexity index is 554. The van der Waals surface area contributed by atoms with Crippen molar-refractivity contribution in [2.24, 2.45) is 0 Å². The van der Waals surface area contributed by atoms with Gasteiger partial charge in [0.2, 0.25) is 0 Å². The van der Waals surface area contributed by atoms with Crippen LogP contribution in [-0.4, -0.2) is 10.8 Å². The molecule has 0 aliphatic rings. The maximum atomic E-state index is 12.3. The molecule has 18 heavy (non-hydrogen) atoms. The van der Waals surface area contributed by atoms with Crippen molar-refractivity contribution < 1.29 is 4.79 Å². The van der Waals surface area contributed by atoms with E-state index in [1.54, 1.807) is 42.7 Å². The summed E-state index contributed by atoms with van der Waals surface area (Å²) < 4.78 is 0. The number of benzene rings is 1. The third-order valence-electron chi connectivity index (χ3n) is 2.38. The van der Waals surface area contributed by atoms with Gasteiger partial charge < -0.3 is 0 Å². The molecule has 1 atom stereocenters. The summed E-state index contributed by atoms with van der Waals surface area (Å²) in [7, 11) is 0. The van der Waals surface area contributed by atoms with Crippen LogP contribution in [0.2, 0.25) is 10.0 Å². The molecule has 0 radical (unpaired) electrons. The lowest BCUT2D eigenvalue weighted by Gasteiger charge is -2.09. The van der Waals surface area contributed by atoms with Gasteiger partial charge in [-0.1, -0.05) is 39.1 Å². The topological polar surface area (TPSA) is 30.0 Å². The van der Waals surface area contributed by atoms with Gasteiger partial charge in [0.25, 0.3) is 0 Å². The van der Waals surface area contributed by atoms with Crippen molar-refractivity contribution in [1.29, 1.82) is 0 Å². The third-order valence-corrected chi connectivity index (χ3v) is 3.76. The molecular formula is C13H8BrCl2NO. The fraction of sp³-hybridized carbons (Fsp3) is 0.0769. The van der Waals surface area contributed by atoms with Crippen molar-refractivity contribution in [2.45, 2.75) is 4.83 Å². The van der Waals surface area contributed by atoms with Crippen molar-refractivity contribution in [2.75, 3.05) is 0 Å². The summed E-state index contributed by atoms with van der Waals surface area (Å²) in [5.41, 5.74) is 1.32. The summed E-state index contributed by atoms with van der Waals surface area (Å²) in [4.78, 5) is 15.7. The minimum absolute atomic E-state index is 0.0920. The number of carbonyl (C=O) groups is 1. The monoisotopic (exact) mass is 343 g/mol. The fourth-order valence-electron chi connectivity index (χ4n) is 1.53. The highest BCUT2D eigenvalue weighted by Gasteiger charge is 2.19. The van der Waals surface area contributed by atoms with Gasteiger partial charge in [-0.2, -0.15) is 0 Å². The summed E-state index contributed by atoms with van der Waals surface area (Å²) in [6, 6.07) is 8.36. The molecule has 1 aromatic carbocycles. The Hall–Kier alpha value is -0.900. The number of alkyl halides is 1. The summed E-state index contributed by atoms with van der Waals surface area (Å²) in [5, 5.41) is 0.889. The summed E-state index contributed by atoms with van der Waals surface area (Å²) in [6.45, 7) is 0. The molecule has 2 rings (SSSR count). The Morgan fingerprint density at radius 2 is 1.67 bits per heavy atom. The molecule has 5 heteroatoms. The molecule has 1 aromatic heterocycles. The molecule has 0 saturated carbocycles. The Morgan fingerprint density at radius 3 is 2.22 bits per heavy atom. The molecule has 2 nitrogen and oxygen atoms in total. The summed E-state index contributed by atoms with van der Waals surface area (Å²) in [5.74, 6) is -0.0920. The van der Waals surface area contributed by atoms with E-state index in [2.05, 4.69) is 20.9 Å². The van der Waals surface area contributed by atoms with E-state index in [4.69, 9.17) is 23.2 Å². The normalized spacial score (nSPS) is 12.2. The first-order valence-electron chi connectivity index (χ1n) is 5.12. The molecule has 0 saturated heterocycles. The van der Waals surface area contributed by atoms with Gasteiger partial charge in [-0.25, -0.2) is 0 Å². The van der Waals surface area contributed by atoms with Gasteiger partial charge in [-0.15, -0.1) is 0 Å². The highest BCUT2D eigenvalue weighted by Crippen LogP contribution is 2.29. The Morgan fingerprint density at radius 1 is 1.11 bits per heavy atom. The van der Waals surface area contributed by atoms with E-state index >= 15 is 0 Å². The predicted molar refractivity (Wildman–Crippen MR) is 76.7 cm³/mol. The van der Waals surface area contributed by atoms with Gasteiger partial charge >= 0.3 is 0 Å². The first-order valence-corrected chi connectivity index (χ1v) is 6.79. The molecule has 0 fully saturated rings. The molecule has 92 valence electrons. The highest BCUT2D eigenvalue weighted by atomic mass is 79.9. The maximum Gasteiger partial charge on any atom is 0.180 e. The quantitative estimate of drug-likeness (QED) is 0.596. The smallest absolute Gasteiger partial charge is 0.180 e. The molecule has 0 unspecified atom stereocenters. The second kappa shape index (κ2) is 5.83. The van der Waals surface area contributed by atoms with E-state index in [1.165, 1.54) is 0 Å². The first kappa shape index (κ1) is 13.5. The van der Waals surface area contributed by atoms with E-state index in [-0.39, 0.29) is 5.78 Å². The summed E-state index contributed by atoms with van der Waals surface area (Å²) >= 11 is 15.1. The van der Waals surface area contributed by atoms with Crippen molar-refractivity contribution in [3.63, 3.8) is 0 Å². The van der Waals surface area contributed by atoms with E-state index in [9.17, 15) is 4.79 Å².